The summed E-state index contributed by atoms with van der Waals surface area (Å²) >= 11 is 37.3. The summed E-state index contributed by atoms with van der Waals surface area (Å²) in [5, 5.41) is 2.29. The van der Waals surface area contributed by atoms with Gasteiger partial charge < -0.3 is 85.5 Å². The Kier molecular flexibility index (Phi) is 31.4. The zero-order valence-electron chi connectivity index (χ0n) is 62.9. The van der Waals surface area contributed by atoms with Gasteiger partial charge in [-0.15, -0.1) is 6.42 Å². The lowest BCUT2D eigenvalue weighted by atomic mass is 10.0. The molecule has 0 aromatic heterocycles. The topological polar surface area (TPSA) is 232 Å². The van der Waals surface area contributed by atoms with Crippen molar-refractivity contribution in [2.75, 3.05) is 143 Å². The van der Waals surface area contributed by atoms with Crippen LogP contribution in [0.25, 0.3) is 11.1 Å². The lowest BCUT2D eigenvalue weighted by molar-refractivity contribution is -0.0124. The number of anilines is 2. The van der Waals surface area contributed by atoms with Gasteiger partial charge in [0.1, 0.15) is 31.3 Å². The van der Waals surface area contributed by atoms with Crippen molar-refractivity contribution in [1.82, 2.24) is 15.1 Å². The lowest BCUT2D eigenvalue weighted by Crippen LogP contribution is -2.58. The molecule has 8 rings (SSSR count). The fourth-order valence-electron chi connectivity index (χ4n) is 11.4. The molecular formula is C75H99Cl6N5O19Si2. The third-order valence-corrected chi connectivity index (χ3v) is 28.6. The van der Waals surface area contributed by atoms with Gasteiger partial charge in [0.2, 0.25) is 7.59 Å². The number of ether oxygens (including phenoxy) is 13. The van der Waals surface area contributed by atoms with Gasteiger partial charge in [-0.25, -0.2) is 19.4 Å². The maximum Gasteiger partial charge on any atom is 0.416 e. The Morgan fingerprint density at radius 1 is 0.505 bits per heavy atom. The molecule has 4 aromatic carbocycles. The van der Waals surface area contributed by atoms with Crippen LogP contribution in [0.15, 0.2) is 85.2 Å². The van der Waals surface area contributed by atoms with Gasteiger partial charge in [0, 0.05) is 37.5 Å². The van der Waals surface area contributed by atoms with Crippen LogP contribution in [0.1, 0.15) is 92.6 Å². The van der Waals surface area contributed by atoms with Crippen molar-refractivity contribution in [2.45, 2.75) is 129 Å². The van der Waals surface area contributed by atoms with E-state index in [0.29, 0.717) is 90.7 Å². The number of fused-ring (bicyclic) bond motifs is 4. The molecule has 0 radical (unpaired) electrons. The van der Waals surface area contributed by atoms with Crippen LogP contribution in [-0.2, 0) is 42.0 Å². The van der Waals surface area contributed by atoms with Crippen molar-refractivity contribution in [3.63, 3.8) is 0 Å². The maximum absolute atomic E-state index is 15.4. The fourth-order valence-corrected chi connectivity index (χ4v) is 14.2. The molecule has 24 nitrogen and oxygen atoms in total. The van der Waals surface area contributed by atoms with Gasteiger partial charge >= 0.3 is 12.2 Å². The first-order chi connectivity index (χ1) is 50.6. The summed E-state index contributed by atoms with van der Waals surface area (Å²) in [4.78, 5) is 66.3. The van der Waals surface area contributed by atoms with E-state index in [0.717, 1.165) is 22.3 Å². The van der Waals surface area contributed by atoms with Crippen molar-refractivity contribution in [2.24, 2.45) is 0 Å². The molecule has 588 valence electrons. The number of nitrogens with zero attached hydrogens (tertiary/aromatic N) is 4. The van der Waals surface area contributed by atoms with E-state index in [1.807, 2.05) is 74.7 Å². The Morgan fingerprint density at radius 3 is 1.23 bits per heavy atom. The van der Waals surface area contributed by atoms with Crippen LogP contribution in [0.4, 0.5) is 21.0 Å². The molecule has 4 unspecified atom stereocenters. The molecular weight excluding hydrogens is 1540 g/mol. The number of amides is 4. The van der Waals surface area contributed by atoms with E-state index in [9.17, 15) is 4.79 Å². The largest absolute Gasteiger partial charge is 0.497 e. The number of benzene rings is 4. The predicted molar refractivity (Wildman–Crippen MR) is 420 cm³/mol. The second-order valence-corrected chi connectivity index (χ2v) is 43.1. The fraction of sp³-hybridized carbons (Fsp3) is 0.547. The van der Waals surface area contributed by atoms with E-state index < -0.39 is 91.0 Å². The van der Waals surface area contributed by atoms with E-state index >= 15 is 14.4 Å². The Morgan fingerprint density at radius 2 is 0.879 bits per heavy atom. The molecule has 4 aromatic rings. The molecule has 107 heavy (non-hydrogen) atoms. The van der Waals surface area contributed by atoms with E-state index in [2.05, 4.69) is 52.8 Å². The van der Waals surface area contributed by atoms with Crippen LogP contribution in [0.5, 0.6) is 34.5 Å². The molecule has 4 aliphatic heterocycles. The van der Waals surface area contributed by atoms with Gasteiger partial charge in [0.05, 0.1) is 142 Å². The number of terminal acetylenes is 1. The minimum Gasteiger partial charge on any atom is -0.497 e. The first kappa shape index (κ1) is 86.6. The molecule has 1 N–H and O–H groups in total. The minimum absolute atomic E-state index is 0.0212. The van der Waals surface area contributed by atoms with Crippen molar-refractivity contribution >= 4 is 133 Å². The van der Waals surface area contributed by atoms with Crippen LogP contribution in [-0.4, -0.2) is 216 Å². The van der Waals surface area contributed by atoms with Gasteiger partial charge in [-0.2, -0.15) is 0 Å². The Hall–Kier alpha value is -5.95. The average molecular weight is 1640 g/mol. The van der Waals surface area contributed by atoms with E-state index in [1.54, 1.807) is 29.3 Å². The van der Waals surface area contributed by atoms with Crippen LogP contribution >= 0.6 is 69.6 Å². The first-order valence-electron chi connectivity index (χ1n) is 35.2. The molecule has 0 saturated heterocycles. The predicted octanol–water partition coefficient (Wildman–Crippen LogP) is 15.1. The average Bonchev–Trinajstić information content (AvgIpc) is 1.61. The normalized spacial score (nSPS) is 17.6. The molecule has 4 heterocycles. The lowest BCUT2D eigenvalue weighted by Gasteiger charge is -2.44. The molecule has 4 aliphatic rings. The van der Waals surface area contributed by atoms with Crippen LogP contribution < -0.4 is 43.5 Å². The Bertz CT molecular complexity index is 3770. The van der Waals surface area contributed by atoms with Crippen LogP contribution in [0.3, 0.4) is 0 Å². The molecule has 32 heteroatoms. The monoisotopic (exact) mass is 1640 g/mol. The number of alkyl halides is 6. The molecule has 4 atom stereocenters. The van der Waals surface area contributed by atoms with Gasteiger partial charge in [0.15, 0.2) is 52.1 Å². The maximum atomic E-state index is 15.4. The van der Waals surface area contributed by atoms with Crippen molar-refractivity contribution in [3.8, 4) is 46.8 Å². The molecule has 0 saturated carbocycles. The highest BCUT2D eigenvalue weighted by atomic mass is 35.6. The number of halogens is 6. The Labute approximate surface area is 660 Å². The number of hydrogen-bond donors (Lipinski definition) is 1. The van der Waals surface area contributed by atoms with Gasteiger partial charge in [-0.3, -0.25) is 9.59 Å². The number of methoxy groups -OCH3 is 3. The summed E-state index contributed by atoms with van der Waals surface area (Å²) in [6.45, 7) is 25.1. The van der Waals surface area contributed by atoms with Crippen molar-refractivity contribution in [3.05, 3.63) is 107 Å². The third kappa shape index (κ3) is 23.6. The zero-order chi connectivity index (χ0) is 78.1. The smallest absolute Gasteiger partial charge is 0.416 e. The van der Waals surface area contributed by atoms with E-state index in [-0.39, 0.29) is 89.6 Å². The number of rotatable bonds is 37. The van der Waals surface area contributed by atoms with Gasteiger partial charge in [-0.1, -0.05) is 141 Å². The number of nitrogens with one attached hydrogen (secondary N) is 1. The molecule has 0 bridgehead atoms. The minimum atomic E-state index is -2.88. The summed E-state index contributed by atoms with van der Waals surface area (Å²) in [5.74, 6) is 3.46. The van der Waals surface area contributed by atoms with Crippen LogP contribution in [0.2, 0.25) is 36.3 Å². The van der Waals surface area contributed by atoms with Gasteiger partial charge in [0.25, 0.3) is 11.8 Å². The highest BCUT2D eigenvalue weighted by molar-refractivity contribution is 6.74. The number of hydrogen-bond acceptors (Lipinski definition) is 20. The number of carbonyl (C=O) groups excluding carboxylic acids is 4. The third-order valence-electron chi connectivity index (χ3n) is 19.0. The summed E-state index contributed by atoms with van der Waals surface area (Å²) in [6.07, 6.45) is 5.26. The second kappa shape index (κ2) is 38.8. The molecule has 0 aliphatic carbocycles. The van der Waals surface area contributed by atoms with E-state index in [4.69, 9.17) is 146 Å². The number of carbonyl (C=O) groups is 4. The standard InChI is InChI=1S/C75H99Cl6N5O19Si2/c1-15-25-82-26-29-94-30-31-95-32-33-96-34-35-97-36-37-98-38-39-99-55-23-19-51(20-24-55)53-41-61-69(105-107(13,14)73(5,6)7)86(71(90)103-49-75(79,80)81)59-45-65(63(93-10)43-57(59)67(88)84(61)47-53)101-28-16-27-100-64-44-58-56(42-62(64)92-9)66(87)83-46-52(50-17-21-54(91-8)22-18-50)40-60(83)68(104-106(11,12)72(2,3)4)85(58)70(89)102-48-74(76,77)78/h1,17-24,42-47,60-61,68-69,82H,16,25-41,48-49H2,2-14H3. The molecule has 4 amide bonds. The zero-order valence-corrected chi connectivity index (χ0v) is 69.5. The van der Waals surface area contributed by atoms with Crippen LogP contribution in [0, 0.1) is 12.3 Å². The summed E-state index contributed by atoms with van der Waals surface area (Å²) < 4.78 is 86.4. The SMILES string of the molecule is C#CCNCCOCCOCCOCCOCCOCCOc1ccc(C2=CN3C(=O)c4cc(OC)c(OCCCOc5cc6c(cc5OC)C(=O)N5C=C(c7ccc(OC)cc7)CC5C(O[Si](C)(C)C(C)(C)C)N6C(=O)OCC(Cl)(Cl)Cl)cc4N(C(=O)OCC(Cl)(Cl)Cl)C(O[Si](C)(C)C(C)(C)C)C3C2)cc1. The van der Waals surface area contributed by atoms with Gasteiger partial charge in [-0.05, 0) is 108 Å². The second-order valence-electron chi connectivity index (χ2n) is 28.5. The van der Waals surface area contributed by atoms with Crippen molar-refractivity contribution < 1.29 is 89.6 Å². The summed E-state index contributed by atoms with van der Waals surface area (Å²) in [6, 6.07) is 19.4. The Balaban J connectivity index is 0.993. The summed E-state index contributed by atoms with van der Waals surface area (Å²) in [7, 11) is -1.26. The first-order valence-corrected chi connectivity index (χ1v) is 43.3. The molecule has 0 spiro atoms. The highest BCUT2D eigenvalue weighted by Crippen LogP contribution is 2.50. The van der Waals surface area contributed by atoms with E-state index in [1.165, 1.54) is 48.3 Å². The van der Waals surface area contributed by atoms with Crippen molar-refractivity contribution in [1.29, 1.82) is 0 Å². The molecule has 0 fully saturated rings. The summed E-state index contributed by atoms with van der Waals surface area (Å²) in [5.41, 5.74) is 3.52. The highest BCUT2D eigenvalue weighted by Gasteiger charge is 2.54. The quantitative estimate of drug-likeness (QED) is 0.0191.